The maximum Gasteiger partial charge on any atom is 0.126 e. The smallest absolute Gasteiger partial charge is 0.126 e. The molecular weight excluding hydrogens is 356 g/mol. The first kappa shape index (κ1) is 18.9. The lowest BCUT2D eigenvalue weighted by molar-refractivity contribution is -0.107. The van der Waals surface area contributed by atoms with Gasteiger partial charge in [-0.2, -0.15) is 0 Å². The van der Waals surface area contributed by atoms with Gasteiger partial charge in [-0.15, -0.1) is 0 Å². The summed E-state index contributed by atoms with van der Waals surface area (Å²) in [5, 5.41) is 0. The maximum atomic E-state index is 10.7. The van der Waals surface area contributed by atoms with E-state index >= 15 is 0 Å². The van der Waals surface area contributed by atoms with Gasteiger partial charge in [0.25, 0.3) is 0 Å². The molecule has 1 N–H and O–H groups in total. The van der Waals surface area contributed by atoms with Crippen LogP contribution in [0.25, 0.3) is 0 Å². The number of aryl methyl sites for hydroxylation is 1. The Balaban J connectivity index is 1.95. The molecule has 0 radical (unpaired) electrons. The van der Waals surface area contributed by atoms with Crippen LogP contribution in [0.5, 0.6) is 0 Å². The molecular formula is C26H24N2O. The first-order valence-electron chi connectivity index (χ1n) is 10.0. The summed E-state index contributed by atoms with van der Waals surface area (Å²) in [7, 11) is 0. The standard InChI is InChI=1S/C26H24N2O/c29-19-11-10-18-24-20-27-25(28-24)26(21-12-4-1-5-13-21,22-14-6-2-7-15-22)23-16-8-3-9-17-23/h1-9,12-17,19-20H,10-11,18H2,(H,27,28). The number of rotatable bonds is 8. The van der Waals surface area contributed by atoms with Crippen LogP contribution < -0.4 is 0 Å². The number of H-pyrrole nitrogens is 1. The van der Waals surface area contributed by atoms with Crippen LogP contribution >= 0.6 is 0 Å². The van der Waals surface area contributed by atoms with Crippen molar-refractivity contribution in [2.45, 2.75) is 24.7 Å². The third kappa shape index (κ3) is 3.64. The number of carbonyl (C=O) groups is 1. The molecule has 144 valence electrons. The molecule has 0 bridgehead atoms. The average molecular weight is 380 g/mol. The van der Waals surface area contributed by atoms with Crippen molar-refractivity contribution in [1.29, 1.82) is 0 Å². The Kier molecular flexibility index (Phi) is 5.66. The molecule has 0 aliphatic heterocycles. The quantitative estimate of drug-likeness (QED) is 0.256. The van der Waals surface area contributed by atoms with Gasteiger partial charge in [0.15, 0.2) is 0 Å². The number of nitrogens with one attached hydrogen (secondary N) is 1. The van der Waals surface area contributed by atoms with E-state index in [1.54, 1.807) is 0 Å². The molecule has 3 aromatic carbocycles. The molecule has 0 saturated carbocycles. The molecule has 3 heteroatoms. The molecule has 4 aromatic rings. The van der Waals surface area contributed by atoms with Crippen LogP contribution in [0.2, 0.25) is 0 Å². The van der Waals surface area contributed by atoms with Gasteiger partial charge in [-0.1, -0.05) is 91.0 Å². The number of unbranched alkanes of at least 4 members (excludes halogenated alkanes) is 1. The van der Waals surface area contributed by atoms with E-state index in [1.165, 1.54) is 0 Å². The van der Waals surface area contributed by atoms with Crippen LogP contribution in [0, 0.1) is 0 Å². The van der Waals surface area contributed by atoms with Crippen LogP contribution in [0.15, 0.2) is 97.2 Å². The monoisotopic (exact) mass is 380 g/mol. The Bertz CT molecular complexity index is 943. The van der Waals surface area contributed by atoms with E-state index in [2.05, 4.69) is 77.8 Å². The molecule has 0 unspecified atom stereocenters. The third-order valence-corrected chi connectivity index (χ3v) is 5.36. The van der Waals surface area contributed by atoms with Gasteiger partial charge < -0.3 is 9.78 Å². The number of hydrogen-bond donors (Lipinski definition) is 1. The average Bonchev–Trinajstić information content (AvgIpc) is 3.26. The highest BCUT2D eigenvalue weighted by atomic mass is 16.1. The van der Waals surface area contributed by atoms with Gasteiger partial charge in [0.2, 0.25) is 0 Å². The topological polar surface area (TPSA) is 45.8 Å². The van der Waals surface area contributed by atoms with Crippen LogP contribution in [-0.2, 0) is 16.6 Å². The number of hydrogen-bond acceptors (Lipinski definition) is 2. The summed E-state index contributed by atoms with van der Waals surface area (Å²) in [5.74, 6) is 0.891. The van der Waals surface area contributed by atoms with E-state index in [0.717, 1.165) is 47.3 Å². The summed E-state index contributed by atoms with van der Waals surface area (Å²) in [4.78, 5) is 19.2. The summed E-state index contributed by atoms with van der Waals surface area (Å²) in [6.07, 6.45) is 5.09. The van der Waals surface area contributed by atoms with Crippen molar-refractivity contribution < 1.29 is 4.79 Å². The molecule has 0 saturated heterocycles. The zero-order chi connectivity index (χ0) is 19.9. The van der Waals surface area contributed by atoms with Gasteiger partial charge in [-0.05, 0) is 29.5 Å². The van der Waals surface area contributed by atoms with Crippen LogP contribution in [0.3, 0.4) is 0 Å². The molecule has 0 amide bonds. The number of aromatic amines is 1. The molecule has 29 heavy (non-hydrogen) atoms. The van der Waals surface area contributed by atoms with Gasteiger partial charge in [0, 0.05) is 12.6 Å². The minimum atomic E-state index is -0.549. The normalized spacial score (nSPS) is 11.3. The fourth-order valence-electron chi connectivity index (χ4n) is 4.02. The largest absolute Gasteiger partial charge is 0.347 e. The highest BCUT2D eigenvalue weighted by molar-refractivity contribution is 5.56. The third-order valence-electron chi connectivity index (χ3n) is 5.36. The van der Waals surface area contributed by atoms with Gasteiger partial charge in [0.1, 0.15) is 17.5 Å². The summed E-state index contributed by atoms with van der Waals surface area (Å²) in [6.45, 7) is 0. The fraction of sp³-hybridized carbons (Fsp3) is 0.154. The predicted octanol–water partition coefficient (Wildman–Crippen LogP) is 5.31. The second kappa shape index (κ2) is 8.70. The second-order valence-corrected chi connectivity index (χ2v) is 7.15. The van der Waals surface area contributed by atoms with E-state index in [1.807, 2.05) is 24.4 Å². The minimum absolute atomic E-state index is 0.549. The Morgan fingerprint density at radius 3 is 1.69 bits per heavy atom. The number of aldehydes is 1. The van der Waals surface area contributed by atoms with Crippen LogP contribution in [-0.4, -0.2) is 16.3 Å². The first-order valence-corrected chi connectivity index (χ1v) is 10.0. The number of carbonyl (C=O) groups excluding carboxylic acids is 1. The van der Waals surface area contributed by atoms with Gasteiger partial charge in [-0.25, -0.2) is 4.98 Å². The fourth-order valence-corrected chi connectivity index (χ4v) is 4.02. The van der Waals surface area contributed by atoms with E-state index in [9.17, 15) is 4.79 Å². The molecule has 0 fully saturated rings. The lowest BCUT2D eigenvalue weighted by Gasteiger charge is -2.34. The predicted molar refractivity (Wildman–Crippen MR) is 116 cm³/mol. The van der Waals surface area contributed by atoms with Crippen molar-refractivity contribution in [2.24, 2.45) is 0 Å². The van der Waals surface area contributed by atoms with Crippen molar-refractivity contribution in [3.63, 3.8) is 0 Å². The van der Waals surface area contributed by atoms with Gasteiger partial charge >= 0.3 is 0 Å². The molecule has 4 rings (SSSR count). The zero-order valence-electron chi connectivity index (χ0n) is 16.3. The van der Waals surface area contributed by atoms with Crippen molar-refractivity contribution >= 4 is 6.29 Å². The second-order valence-electron chi connectivity index (χ2n) is 7.15. The summed E-state index contributed by atoms with van der Waals surface area (Å²) < 4.78 is 0. The molecule has 0 atom stereocenters. The Morgan fingerprint density at radius 2 is 1.24 bits per heavy atom. The highest BCUT2D eigenvalue weighted by Gasteiger charge is 2.40. The number of nitrogens with zero attached hydrogens (tertiary/aromatic N) is 1. The van der Waals surface area contributed by atoms with Gasteiger partial charge in [0.05, 0.1) is 5.69 Å². The minimum Gasteiger partial charge on any atom is -0.347 e. The molecule has 1 aromatic heterocycles. The number of benzene rings is 3. The summed E-state index contributed by atoms with van der Waals surface area (Å²) in [5.41, 5.74) is 3.91. The van der Waals surface area contributed by atoms with Crippen molar-refractivity contribution in [3.05, 3.63) is 125 Å². The molecule has 0 aliphatic rings. The van der Waals surface area contributed by atoms with Crippen LogP contribution in [0.4, 0.5) is 0 Å². The summed E-state index contributed by atoms with van der Waals surface area (Å²) >= 11 is 0. The number of imidazole rings is 1. The highest BCUT2D eigenvalue weighted by Crippen LogP contribution is 2.43. The SMILES string of the molecule is O=CCCCc1c[nH]c(C(c2ccccc2)(c2ccccc2)c2ccccc2)n1. The van der Waals surface area contributed by atoms with Gasteiger partial charge in [-0.3, -0.25) is 0 Å². The summed E-state index contributed by atoms with van der Waals surface area (Å²) in [6, 6.07) is 31.5. The maximum absolute atomic E-state index is 10.7. The van der Waals surface area contributed by atoms with E-state index in [-0.39, 0.29) is 0 Å². The van der Waals surface area contributed by atoms with E-state index in [4.69, 9.17) is 4.98 Å². The van der Waals surface area contributed by atoms with Crippen LogP contribution in [0.1, 0.15) is 41.1 Å². The van der Waals surface area contributed by atoms with Crippen molar-refractivity contribution in [3.8, 4) is 0 Å². The first-order chi connectivity index (χ1) is 14.4. The molecule has 1 heterocycles. The van der Waals surface area contributed by atoms with Crippen molar-refractivity contribution in [1.82, 2.24) is 9.97 Å². The van der Waals surface area contributed by atoms with E-state index in [0.29, 0.717) is 6.42 Å². The number of aromatic nitrogens is 2. The zero-order valence-corrected chi connectivity index (χ0v) is 16.3. The molecule has 0 aliphatic carbocycles. The molecule has 3 nitrogen and oxygen atoms in total. The van der Waals surface area contributed by atoms with Crippen molar-refractivity contribution in [2.75, 3.05) is 0 Å². The van der Waals surface area contributed by atoms with E-state index < -0.39 is 5.41 Å². The Labute approximate surface area is 171 Å². The molecule has 0 spiro atoms. The lowest BCUT2D eigenvalue weighted by Crippen LogP contribution is -2.32. The Hall–Kier alpha value is -3.46. The Morgan fingerprint density at radius 1 is 0.759 bits per heavy atom. The lowest BCUT2D eigenvalue weighted by atomic mass is 9.69.